The van der Waals surface area contributed by atoms with Crippen LogP contribution in [0.2, 0.25) is 0 Å². The van der Waals surface area contributed by atoms with E-state index in [1.165, 1.54) is 0 Å². The van der Waals surface area contributed by atoms with Crippen molar-refractivity contribution in [1.82, 2.24) is 9.80 Å². The van der Waals surface area contributed by atoms with Crippen molar-refractivity contribution in [3.05, 3.63) is 24.3 Å². The highest BCUT2D eigenvalue weighted by Gasteiger charge is 2.35. The second-order valence-electron chi connectivity index (χ2n) is 6.50. The van der Waals surface area contributed by atoms with E-state index >= 15 is 0 Å². The molecule has 1 heterocycles. The maximum absolute atomic E-state index is 12.5. The summed E-state index contributed by atoms with van der Waals surface area (Å²) in [6.45, 7) is 4.80. The van der Waals surface area contributed by atoms with Crippen LogP contribution >= 0.6 is 0 Å². The minimum Gasteiger partial charge on any atom is -0.495 e. The number of hydrogen-bond donors (Lipinski definition) is 1. The van der Waals surface area contributed by atoms with Gasteiger partial charge in [-0.05, 0) is 31.9 Å². The number of carbonyl (C=O) groups is 2. The third-order valence-corrected chi connectivity index (χ3v) is 4.84. The molecule has 1 N–H and O–H groups in total. The first kappa shape index (κ1) is 16.8. The maximum Gasteiger partial charge on any atom is 0.241 e. The quantitative estimate of drug-likeness (QED) is 0.890. The van der Waals surface area contributed by atoms with E-state index in [1.807, 2.05) is 36.1 Å². The molecule has 1 aromatic rings. The van der Waals surface area contributed by atoms with E-state index in [1.54, 1.807) is 7.11 Å². The van der Waals surface area contributed by atoms with Gasteiger partial charge in [0.25, 0.3) is 0 Å². The molecule has 1 saturated carbocycles. The highest BCUT2D eigenvalue weighted by molar-refractivity contribution is 5.95. The molecule has 0 spiro atoms. The average Bonchev–Trinajstić information content (AvgIpc) is 3.46. The average molecular weight is 331 g/mol. The number of benzene rings is 1. The Morgan fingerprint density at radius 2 is 1.83 bits per heavy atom. The first-order valence-corrected chi connectivity index (χ1v) is 8.57. The Morgan fingerprint density at radius 3 is 2.46 bits per heavy atom. The van der Waals surface area contributed by atoms with E-state index in [-0.39, 0.29) is 17.9 Å². The summed E-state index contributed by atoms with van der Waals surface area (Å²) in [6, 6.07) is 7.14. The largest absolute Gasteiger partial charge is 0.495 e. The van der Waals surface area contributed by atoms with Crippen molar-refractivity contribution in [3.63, 3.8) is 0 Å². The Balaban J connectivity index is 1.53. The number of carbonyl (C=O) groups excluding carboxylic acids is 2. The zero-order valence-electron chi connectivity index (χ0n) is 14.3. The zero-order valence-corrected chi connectivity index (χ0v) is 14.3. The lowest BCUT2D eigenvalue weighted by Crippen LogP contribution is -2.54. The molecule has 2 fully saturated rings. The molecule has 1 atom stereocenters. The molecule has 6 nitrogen and oxygen atoms in total. The minimum absolute atomic E-state index is 0.0542. The summed E-state index contributed by atoms with van der Waals surface area (Å²) >= 11 is 0. The molecule has 3 rings (SSSR count). The first-order valence-electron chi connectivity index (χ1n) is 8.57. The van der Waals surface area contributed by atoms with Gasteiger partial charge in [-0.2, -0.15) is 0 Å². The summed E-state index contributed by atoms with van der Waals surface area (Å²) in [5.74, 6) is 1.16. The summed E-state index contributed by atoms with van der Waals surface area (Å²) in [5.41, 5.74) is 0.680. The van der Waals surface area contributed by atoms with Crippen LogP contribution in [0.15, 0.2) is 24.3 Å². The third-order valence-electron chi connectivity index (χ3n) is 4.84. The smallest absolute Gasteiger partial charge is 0.241 e. The molecule has 0 bridgehead atoms. The van der Waals surface area contributed by atoms with Crippen molar-refractivity contribution in [2.24, 2.45) is 5.92 Å². The highest BCUT2D eigenvalue weighted by atomic mass is 16.5. The molecule has 1 saturated heterocycles. The molecule has 0 radical (unpaired) electrons. The first-order chi connectivity index (χ1) is 11.6. The van der Waals surface area contributed by atoms with Gasteiger partial charge in [0, 0.05) is 32.1 Å². The van der Waals surface area contributed by atoms with Crippen LogP contribution in [0.4, 0.5) is 5.69 Å². The zero-order chi connectivity index (χ0) is 17.1. The Labute approximate surface area is 142 Å². The summed E-state index contributed by atoms with van der Waals surface area (Å²) in [6.07, 6.45) is 2.08. The maximum atomic E-state index is 12.5. The molecule has 6 heteroatoms. The van der Waals surface area contributed by atoms with Crippen LogP contribution in [0.5, 0.6) is 5.75 Å². The van der Waals surface area contributed by atoms with Crippen molar-refractivity contribution in [3.8, 4) is 5.75 Å². The second-order valence-corrected chi connectivity index (χ2v) is 6.50. The van der Waals surface area contributed by atoms with E-state index in [9.17, 15) is 9.59 Å². The van der Waals surface area contributed by atoms with Crippen LogP contribution in [-0.2, 0) is 9.59 Å². The fourth-order valence-corrected chi connectivity index (χ4v) is 3.07. The Bertz CT molecular complexity index is 607. The van der Waals surface area contributed by atoms with Crippen LogP contribution in [0.3, 0.4) is 0 Å². The summed E-state index contributed by atoms with van der Waals surface area (Å²) < 4.78 is 5.27. The molecule has 0 unspecified atom stereocenters. The van der Waals surface area contributed by atoms with Crippen LogP contribution in [-0.4, -0.2) is 60.9 Å². The summed E-state index contributed by atoms with van der Waals surface area (Å²) in [5, 5.41) is 2.93. The van der Waals surface area contributed by atoms with Gasteiger partial charge < -0.3 is 15.0 Å². The lowest BCUT2D eigenvalue weighted by Gasteiger charge is -2.37. The number of methoxy groups -OCH3 is 1. The van der Waals surface area contributed by atoms with Gasteiger partial charge in [0.15, 0.2) is 0 Å². The molecule has 1 aliphatic heterocycles. The second kappa shape index (κ2) is 7.21. The van der Waals surface area contributed by atoms with Crippen LogP contribution in [0.25, 0.3) is 0 Å². The van der Waals surface area contributed by atoms with Gasteiger partial charge >= 0.3 is 0 Å². The van der Waals surface area contributed by atoms with Crippen LogP contribution in [0, 0.1) is 5.92 Å². The topological polar surface area (TPSA) is 61.9 Å². The van der Waals surface area contributed by atoms with Gasteiger partial charge in [-0.25, -0.2) is 0 Å². The van der Waals surface area contributed by atoms with Gasteiger partial charge in [-0.15, -0.1) is 0 Å². The fourth-order valence-electron chi connectivity index (χ4n) is 3.07. The number of anilines is 1. The molecule has 1 aromatic carbocycles. The van der Waals surface area contributed by atoms with Crippen LogP contribution in [0.1, 0.15) is 19.8 Å². The fraction of sp³-hybridized carbons (Fsp3) is 0.556. The monoisotopic (exact) mass is 331 g/mol. The third kappa shape index (κ3) is 3.70. The van der Waals surface area contributed by atoms with E-state index in [0.717, 1.165) is 25.9 Å². The number of piperazine rings is 1. The number of amides is 2. The lowest BCUT2D eigenvalue weighted by atomic mass is 10.2. The SMILES string of the molecule is COc1ccccc1NC(=O)[C@@H](C)N1CCN(C(=O)C2CC2)CC1. The summed E-state index contributed by atoms with van der Waals surface area (Å²) in [7, 11) is 1.59. The van der Waals surface area contributed by atoms with E-state index in [0.29, 0.717) is 30.4 Å². The van der Waals surface area contributed by atoms with Crippen molar-refractivity contribution in [1.29, 1.82) is 0 Å². The van der Waals surface area contributed by atoms with E-state index < -0.39 is 0 Å². The predicted molar refractivity (Wildman–Crippen MR) is 92.0 cm³/mol. The Kier molecular flexibility index (Phi) is 5.04. The molecule has 1 aliphatic carbocycles. The molecule has 0 aromatic heterocycles. The van der Waals surface area contributed by atoms with Crippen molar-refractivity contribution in [2.75, 3.05) is 38.6 Å². The van der Waals surface area contributed by atoms with Gasteiger partial charge in [-0.1, -0.05) is 12.1 Å². The van der Waals surface area contributed by atoms with E-state index in [2.05, 4.69) is 10.2 Å². The summed E-state index contributed by atoms with van der Waals surface area (Å²) in [4.78, 5) is 28.7. The highest BCUT2D eigenvalue weighted by Crippen LogP contribution is 2.31. The van der Waals surface area contributed by atoms with Crippen molar-refractivity contribution >= 4 is 17.5 Å². The number of nitrogens with zero attached hydrogens (tertiary/aromatic N) is 2. The van der Waals surface area contributed by atoms with Gasteiger partial charge in [0.2, 0.25) is 11.8 Å². The normalized spacial score (nSPS) is 19.7. The predicted octanol–water partition coefficient (Wildman–Crippen LogP) is 1.58. The van der Waals surface area contributed by atoms with Crippen molar-refractivity contribution < 1.29 is 14.3 Å². The molecule has 130 valence electrons. The van der Waals surface area contributed by atoms with Crippen LogP contribution < -0.4 is 10.1 Å². The standard InChI is InChI=1S/C18H25N3O3/c1-13(17(22)19-15-5-3-4-6-16(15)24-2)20-9-11-21(12-10-20)18(23)14-7-8-14/h3-6,13-14H,7-12H2,1-2H3,(H,19,22)/t13-/m1/s1. The Hall–Kier alpha value is -2.08. The van der Waals surface area contributed by atoms with Gasteiger partial charge in [-0.3, -0.25) is 14.5 Å². The molecule has 24 heavy (non-hydrogen) atoms. The number of nitrogens with one attached hydrogen (secondary N) is 1. The number of ether oxygens (including phenoxy) is 1. The molecule has 2 aliphatic rings. The molecule has 2 amide bonds. The Morgan fingerprint density at radius 1 is 1.17 bits per heavy atom. The van der Waals surface area contributed by atoms with E-state index in [4.69, 9.17) is 4.74 Å². The molecular formula is C18H25N3O3. The number of rotatable bonds is 5. The minimum atomic E-state index is -0.243. The van der Waals surface area contributed by atoms with Gasteiger partial charge in [0.1, 0.15) is 5.75 Å². The molecular weight excluding hydrogens is 306 g/mol. The van der Waals surface area contributed by atoms with Crippen molar-refractivity contribution in [2.45, 2.75) is 25.8 Å². The number of hydrogen-bond acceptors (Lipinski definition) is 4. The lowest BCUT2D eigenvalue weighted by molar-refractivity contribution is -0.135. The van der Waals surface area contributed by atoms with Gasteiger partial charge in [0.05, 0.1) is 18.8 Å². The number of para-hydroxylation sites is 2.